The van der Waals surface area contributed by atoms with E-state index in [1.165, 1.54) is 0 Å². The molecule has 6 heteroatoms. The van der Waals surface area contributed by atoms with Crippen LogP contribution in [0.4, 0.5) is 0 Å². The lowest BCUT2D eigenvalue weighted by Crippen LogP contribution is -2.26. The average molecular weight is 319 g/mol. The topological polar surface area (TPSA) is 83.5 Å². The molecule has 0 radical (unpaired) electrons. The SMILES string of the molecule is O=C(NCCO)c1cccc(CS(=O)(=O)c2ccccc2)c1. The van der Waals surface area contributed by atoms with Crippen LogP contribution in [0.3, 0.4) is 0 Å². The maximum atomic E-state index is 12.3. The Hall–Kier alpha value is -2.18. The predicted octanol–water partition coefficient (Wildman–Crippen LogP) is 1.38. The average Bonchev–Trinajstić information content (AvgIpc) is 2.53. The fourth-order valence-electron chi connectivity index (χ4n) is 2.00. The van der Waals surface area contributed by atoms with E-state index >= 15 is 0 Å². The number of nitrogens with one attached hydrogen (secondary N) is 1. The van der Waals surface area contributed by atoms with Crippen LogP contribution in [-0.2, 0) is 15.6 Å². The second-order valence-electron chi connectivity index (χ2n) is 4.75. The molecule has 0 unspecified atom stereocenters. The highest BCUT2D eigenvalue weighted by molar-refractivity contribution is 7.90. The Bertz CT molecular complexity index is 742. The lowest BCUT2D eigenvalue weighted by atomic mass is 10.1. The smallest absolute Gasteiger partial charge is 0.251 e. The van der Waals surface area contributed by atoms with E-state index in [4.69, 9.17) is 5.11 Å². The third-order valence-corrected chi connectivity index (χ3v) is 4.75. The molecule has 5 nitrogen and oxygen atoms in total. The quantitative estimate of drug-likeness (QED) is 0.842. The molecule has 0 heterocycles. The Morgan fingerprint density at radius 3 is 2.45 bits per heavy atom. The highest BCUT2D eigenvalue weighted by atomic mass is 32.2. The van der Waals surface area contributed by atoms with Crippen molar-refractivity contribution < 1.29 is 18.3 Å². The zero-order chi connectivity index (χ0) is 16.0. The van der Waals surface area contributed by atoms with Gasteiger partial charge in [-0.2, -0.15) is 0 Å². The molecule has 1 amide bonds. The van der Waals surface area contributed by atoms with Gasteiger partial charge in [-0.15, -0.1) is 0 Å². The molecule has 22 heavy (non-hydrogen) atoms. The standard InChI is InChI=1S/C16H17NO4S/c18-10-9-17-16(19)14-6-4-5-13(11-14)12-22(20,21)15-7-2-1-3-8-15/h1-8,11,18H,9-10,12H2,(H,17,19). The molecule has 0 aliphatic rings. The minimum atomic E-state index is -3.44. The molecule has 2 aromatic rings. The van der Waals surface area contributed by atoms with Gasteiger partial charge in [-0.3, -0.25) is 4.79 Å². The van der Waals surface area contributed by atoms with Crippen molar-refractivity contribution in [3.63, 3.8) is 0 Å². The summed E-state index contributed by atoms with van der Waals surface area (Å²) < 4.78 is 24.6. The Morgan fingerprint density at radius 2 is 1.77 bits per heavy atom. The molecule has 0 spiro atoms. The first kappa shape index (κ1) is 16.2. The Kier molecular flexibility index (Phi) is 5.30. The molecule has 2 aromatic carbocycles. The molecule has 0 fully saturated rings. The minimum absolute atomic E-state index is 0.145. The van der Waals surface area contributed by atoms with Crippen LogP contribution in [0.25, 0.3) is 0 Å². The van der Waals surface area contributed by atoms with Crippen molar-refractivity contribution in [3.05, 3.63) is 65.7 Å². The van der Waals surface area contributed by atoms with Gasteiger partial charge in [0.2, 0.25) is 0 Å². The number of hydrogen-bond acceptors (Lipinski definition) is 4. The highest BCUT2D eigenvalue weighted by Gasteiger charge is 2.15. The number of carbonyl (C=O) groups is 1. The van der Waals surface area contributed by atoms with Crippen LogP contribution in [0.15, 0.2) is 59.5 Å². The van der Waals surface area contributed by atoms with E-state index in [1.54, 1.807) is 54.6 Å². The van der Waals surface area contributed by atoms with E-state index in [9.17, 15) is 13.2 Å². The van der Waals surface area contributed by atoms with Gasteiger partial charge >= 0.3 is 0 Å². The Morgan fingerprint density at radius 1 is 1.05 bits per heavy atom. The van der Waals surface area contributed by atoms with Gasteiger partial charge in [0.1, 0.15) is 0 Å². The summed E-state index contributed by atoms with van der Waals surface area (Å²) >= 11 is 0. The van der Waals surface area contributed by atoms with Gasteiger partial charge in [-0.1, -0.05) is 30.3 Å². The normalized spacial score (nSPS) is 11.1. The second kappa shape index (κ2) is 7.20. The zero-order valence-corrected chi connectivity index (χ0v) is 12.7. The van der Waals surface area contributed by atoms with E-state index in [2.05, 4.69) is 5.32 Å². The monoisotopic (exact) mass is 319 g/mol. The van der Waals surface area contributed by atoms with Crippen LogP contribution in [0.5, 0.6) is 0 Å². The molecule has 0 aliphatic carbocycles. The number of amides is 1. The van der Waals surface area contributed by atoms with Gasteiger partial charge in [0.15, 0.2) is 9.84 Å². The van der Waals surface area contributed by atoms with Crippen molar-refractivity contribution in [3.8, 4) is 0 Å². The van der Waals surface area contributed by atoms with Crippen molar-refractivity contribution in [2.45, 2.75) is 10.6 Å². The van der Waals surface area contributed by atoms with Gasteiger partial charge < -0.3 is 10.4 Å². The van der Waals surface area contributed by atoms with Gasteiger partial charge in [0.05, 0.1) is 17.3 Å². The third kappa shape index (κ3) is 4.16. The molecular formula is C16H17NO4S. The number of hydrogen-bond donors (Lipinski definition) is 2. The number of aliphatic hydroxyl groups is 1. The molecule has 2 rings (SSSR count). The Balaban J connectivity index is 2.19. The van der Waals surface area contributed by atoms with E-state index in [1.807, 2.05) is 0 Å². The van der Waals surface area contributed by atoms with E-state index in [0.29, 0.717) is 11.1 Å². The van der Waals surface area contributed by atoms with Crippen LogP contribution in [0, 0.1) is 0 Å². The molecule has 0 atom stereocenters. The number of benzene rings is 2. The third-order valence-electron chi connectivity index (χ3n) is 3.05. The summed E-state index contributed by atoms with van der Waals surface area (Å²) in [5, 5.41) is 11.2. The maximum Gasteiger partial charge on any atom is 0.251 e. The van der Waals surface area contributed by atoms with Crippen LogP contribution in [0.1, 0.15) is 15.9 Å². The van der Waals surface area contributed by atoms with Gasteiger partial charge in [-0.05, 0) is 29.8 Å². The van der Waals surface area contributed by atoms with Crippen LogP contribution < -0.4 is 5.32 Å². The van der Waals surface area contributed by atoms with Crippen LogP contribution >= 0.6 is 0 Å². The number of carbonyl (C=O) groups excluding carboxylic acids is 1. The molecule has 0 saturated carbocycles. The van der Waals surface area contributed by atoms with E-state index in [0.717, 1.165) is 0 Å². The lowest BCUT2D eigenvalue weighted by Gasteiger charge is -2.07. The minimum Gasteiger partial charge on any atom is -0.395 e. The molecule has 116 valence electrons. The molecule has 0 aliphatic heterocycles. The molecule has 0 aromatic heterocycles. The summed E-state index contributed by atoms with van der Waals surface area (Å²) in [5.41, 5.74) is 0.912. The number of aliphatic hydroxyl groups excluding tert-OH is 1. The van der Waals surface area contributed by atoms with Gasteiger partial charge in [0, 0.05) is 12.1 Å². The summed E-state index contributed by atoms with van der Waals surface area (Å²) in [6.45, 7) is 0.0131. The zero-order valence-electron chi connectivity index (χ0n) is 11.9. The summed E-state index contributed by atoms with van der Waals surface area (Å²) in [4.78, 5) is 12.1. The largest absolute Gasteiger partial charge is 0.395 e. The highest BCUT2D eigenvalue weighted by Crippen LogP contribution is 2.17. The van der Waals surface area contributed by atoms with Crippen molar-refractivity contribution in [1.82, 2.24) is 5.32 Å². The van der Waals surface area contributed by atoms with Gasteiger partial charge in [0.25, 0.3) is 5.91 Å². The van der Waals surface area contributed by atoms with Crippen molar-refractivity contribution >= 4 is 15.7 Å². The summed E-state index contributed by atoms with van der Waals surface area (Å²) in [5.74, 6) is -0.508. The van der Waals surface area contributed by atoms with Crippen molar-refractivity contribution in [2.75, 3.05) is 13.2 Å². The van der Waals surface area contributed by atoms with Crippen LogP contribution in [-0.4, -0.2) is 32.6 Å². The summed E-state index contributed by atoms with van der Waals surface area (Å²) in [6.07, 6.45) is 0. The summed E-state index contributed by atoms with van der Waals surface area (Å²) in [7, 11) is -3.44. The van der Waals surface area contributed by atoms with Crippen molar-refractivity contribution in [2.24, 2.45) is 0 Å². The van der Waals surface area contributed by atoms with Gasteiger partial charge in [-0.25, -0.2) is 8.42 Å². The molecule has 0 bridgehead atoms. The first-order valence-corrected chi connectivity index (χ1v) is 8.44. The fourth-order valence-corrected chi connectivity index (χ4v) is 3.36. The summed E-state index contributed by atoms with van der Waals surface area (Å²) in [6, 6.07) is 14.7. The molecule has 0 saturated heterocycles. The first-order valence-electron chi connectivity index (χ1n) is 6.79. The second-order valence-corrected chi connectivity index (χ2v) is 6.74. The number of rotatable bonds is 6. The fraction of sp³-hybridized carbons (Fsp3) is 0.188. The first-order chi connectivity index (χ1) is 10.5. The lowest BCUT2D eigenvalue weighted by molar-refractivity contribution is 0.0944. The molecular weight excluding hydrogens is 302 g/mol. The predicted molar refractivity (Wildman–Crippen MR) is 83.2 cm³/mol. The maximum absolute atomic E-state index is 12.3. The van der Waals surface area contributed by atoms with E-state index in [-0.39, 0.29) is 29.7 Å². The molecule has 2 N–H and O–H groups in total. The van der Waals surface area contributed by atoms with Crippen molar-refractivity contribution in [1.29, 1.82) is 0 Å². The van der Waals surface area contributed by atoms with Crippen LogP contribution in [0.2, 0.25) is 0 Å². The van der Waals surface area contributed by atoms with E-state index < -0.39 is 9.84 Å². The Labute approximate surface area is 129 Å². The number of sulfone groups is 1.